The zero-order chi connectivity index (χ0) is 11.0. The number of hydrogen-bond acceptors (Lipinski definition) is 2. The minimum atomic E-state index is 0.328. The lowest BCUT2D eigenvalue weighted by atomic mass is 9.76. The van der Waals surface area contributed by atoms with Crippen LogP contribution in [0.1, 0.15) is 17.0 Å². The van der Waals surface area contributed by atoms with Crippen LogP contribution in [0.25, 0.3) is 0 Å². The Bertz CT molecular complexity index is 410. The third kappa shape index (κ3) is 1.52. The SMILES string of the molecule is N=C(C1Cc2ccccc21)N1CCOCC1. The van der Waals surface area contributed by atoms with E-state index in [1.54, 1.807) is 0 Å². The zero-order valence-electron chi connectivity index (χ0n) is 9.28. The second kappa shape index (κ2) is 3.91. The normalized spacial score (nSPS) is 23.5. The van der Waals surface area contributed by atoms with Crippen LogP contribution in [0, 0.1) is 5.41 Å². The fraction of sp³-hybridized carbons (Fsp3) is 0.462. The number of hydrogen-bond donors (Lipinski definition) is 1. The Morgan fingerprint density at radius 2 is 2.00 bits per heavy atom. The van der Waals surface area contributed by atoms with E-state index < -0.39 is 0 Å². The molecule has 1 unspecified atom stereocenters. The fourth-order valence-corrected chi connectivity index (χ4v) is 2.53. The van der Waals surface area contributed by atoms with Crippen molar-refractivity contribution in [2.45, 2.75) is 12.3 Å². The van der Waals surface area contributed by atoms with Gasteiger partial charge in [0.25, 0.3) is 0 Å². The van der Waals surface area contributed by atoms with E-state index in [4.69, 9.17) is 10.1 Å². The quantitative estimate of drug-likeness (QED) is 0.572. The molecule has 0 spiro atoms. The molecule has 1 saturated heterocycles. The van der Waals surface area contributed by atoms with Crippen LogP contribution < -0.4 is 0 Å². The van der Waals surface area contributed by atoms with Crippen molar-refractivity contribution >= 4 is 5.84 Å². The molecule has 0 radical (unpaired) electrons. The fourth-order valence-electron chi connectivity index (χ4n) is 2.53. The summed E-state index contributed by atoms with van der Waals surface area (Å²) in [6.07, 6.45) is 1.03. The average Bonchev–Trinajstić information content (AvgIpc) is 2.32. The summed E-state index contributed by atoms with van der Waals surface area (Å²) < 4.78 is 5.31. The minimum Gasteiger partial charge on any atom is -0.378 e. The molecule has 0 aromatic heterocycles. The van der Waals surface area contributed by atoms with Crippen molar-refractivity contribution in [3.05, 3.63) is 35.4 Å². The Morgan fingerprint density at radius 1 is 1.25 bits per heavy atom. The van der Waals surface area contributed by atoms with Gasteiger partial charge in [-0.25, -0.2) is 0 Å². The molecule has 0 bridgehead atoms. The van der Waals surface area contributed by atoms with Gasteiger partial charge in [-0.05, 0) is 17.5 Å². The van der Waals surface area contributed by atoms with Gasteiger partial charge in [0, 0.05) is 19.0 Å². The van der Waals surface area contributed by atoms with Crippen LogP contribution in [0.2, 0.25) is 0 Å². The third-order valence-electron chi connectivity index (χ3n) is 3.54. The smallest absolute Gasteiger partial charge is 0.104 e. The first-order chi connectivity index (χ1) is 7.86. The Kier molecular flexibility index (Phi) is 2.40. The van der Waals surface area contributed by atoms with E-state index >= 15 is 0 Å². The van der Waals surface area contributed by atoms with Gasteiger partial charge in [-0.2, -0.15) is 0 Å². The number of benzene rings is 1. The van der Waals surface area contributed by atoms with Gasteiger partial charge in [0.15, 0.2) is 0 Å². The van der Waals surface area contributed by atoms with Crippen molar-refractivity contribution in [3.63, 3.8) is 0 Å². The van der Waals surface area contributed by atoms with Crippen LogP contribution in [0.3, 0.4) is 0 Å². The van der Waals surface area contributed by atoms with Crippen LogP contribution >= 0.6 is 0 Å². The second-order valence-electron chi connectivity index (χ2n) is 4.44. The van der Waals surface area contributed by atoms with Gasteiger partial charge in [-0.15, -0.1) is 0 Å². The number of rotatable bonds is 1. The number of morpholine rings is 1. The highest BCUT2D eigenvalue weighted by molar-refractivity contribution is 5.89. The van der Waals surface area contributed by atoms with Crippen molar-refractivity contribution in [2.24, 2.45) is 0 Å². The monoisotopic (exact) mass is 216 g/mol. The van der Waals surface area contributed by atoms with Crippen LogP contribution in [-0.2, 0) is 11.2 Å². The van der Waals surface area contributed by atoms with Crippen molar-refractivity contribution < 1.29 is 4.74 Å². The maximum absolute atomic E-state index is 8.24. The maximum Gasteiger partial charge on any atom is 0.104 e. The summed E-state index contributed by atoms with van der Waals surface area (Å²) in [5.74, 6) is 1.11. The van der Waals surface area contributed by atoms with Crippen molar-refractivity contribution in [1.82, 2.24) is 4.90 Å². The number of ether oxygens (including phenoxy) is 1. The van der Waals surface area contributed by atoms with Crippen LogP contribution in [0.4, 0.5) is 0 Å². The number of amidine groups is 1. The van der Waals surface area contributed by atoms with Crippen molar-refractivity contribution in [3.8, 4) is 0 Å². The second-order valence-corrected chi connectivity index (χ2v) is 4.44. The Labute approximate surface area is 95.5 Å². The van der Waals surface area contributed by atoms with Gasteiger partial charge < -0.3 is 9.64 Å². The van der Waals surface area contributed by atoms with Gasteiger partial charge in [0.1, 0.15) is 5.84 Å². The first kappa shape index (κ1) is 9.85. The van der Waals surface area contributed by atoms with Crippen LogP contribution in [0.15, 0.2) is 24.3 Å². The summed E-state index contributed by atoms with van der Waals surface area (Å²) in [6, 6.07) is 8.46. The van der Waals surface area contributed by atoms with E-state index in [1.165, 1.54) is 11.1 Å². The summed E-state index contributed by atoms with van der Waals surface area (Å²) in [6.45, 7) is 3.27. The highest BCUT2D eigenvalue weighted by Crippen LogP contribution is 2.36. The summed E-state index contributed by atoms with van der Waals surface area (Å²) >= 11 is 0. The lowest BCUT2D eigenvalue weighted by Crippen LogP contribution is -2.45. The Morgan fingerprint density at radius 3 is 2.75 bits per heavy atom. The number of fused-ring (bicyclic) bond motifs is 1. The molecule has 0 amide bonds. The molecule has 1 aromatic rings. The number of nitrogens with zero attached hydrogens (tertiary/aromatic N) is 1. The molecule has 0 saturated carbocycles. The standard InChI is InChI=1S/C13H16N2O/c14-13(15-5-7-16-8-6-15)12-9-10-3-1-2-4-11(10)12/h1-4,12,14H,5-9H2. The highest BCUT2D eigenvalue weighted by atomic mass is 16.5. The molecule has 1 N–H and O–H groups in total. The molecule has 2 aliphatic rings. The predicted octanol–water partition coefficient (Wildman–Crippen LogP) is 1.64. The number of nitrogens with one attached hydrogen (secondary N) is 1. The molecule has 3 heteroatoms. The molecule has 1 aliphatic carbocycles. The topological polar surface area (TPSA) is 36.3 Å². The van der Waals surface area contributed by atoms with Gasteiger partial charge >= 0.3 is 0 Å². The molecular formula is C13H16N2O. The maximum atomic E-state index is 8.24. The summed E-state index contributed by atoms with van der Waals surface area (Å²) in [7, 11) is 0. The molecular weight excluding hydrogens is 200 g/mol. The van der Waals surface area contributed by atoms with Crippen LogP contribution in [-0.4, -0.2) is 37.0 Å². The summed E-state index contributed by atoms with van der Waals surface area (Å²) in [5, 5.41) is 8.24. The molecule has 1 atom stereocenters. The largest absolute Gasteiger partial charge is 0.378 e. The molecule has 84 valence electrons. The molecule has 3 nitrogen and oxygen atoms in total. The Hall–Kier alpha value is -1.35. The van der Waals surface area contributed by atoms with Gasteiger partial charge in [0.05, 0.1) is 13.2 Å². The van der Waals surface area contributed by atoms with Crippen molar-refractivity contribution in [1.29, 1.82) is 5.41 Å². The van der Waals surface area contributed by atoms with Gasteiger partial charge in [0.2, 0.25) is 0 Å². The third-order valence-corrected chi connectivity index (χ3v) is 3.54. The van der Waals surface area contributed by atoms with E-state index in [9.17, 15) is 0 Å². The van der Waals surface area contributed by atoms with E-state index in [2.05, 4.69) is 29.2 Å². The Balaban J connectivity index is 1.73. The van der Waals surface area contributed by atoms with Crippen molar-refractivity contribution in [2.75, 3.05) is 26.3 Å². The minimum absolute atomic E-state index is 0.328. The van der Waals surface area contributed by atoms with Gasteiger partial charge in [-0.1, -0.05) is 24.3 Å². The van der Waals surface area contributed by atoms with E-state index in [1.807, 2.05) is 0 Å². The zero-order valence-corrected chi connectivity index (χ0v) is 9.28. The molecule has 1 aliphatic heterocycles. The molecule has 1 heterocycles. The molecule has 16 heavy (non-hydrogen) atoms. The summed E-state index contributed by atoms with van der Waals surface area (Å²) in [4.78, 5) is 2.16. The molecule has 1 fully saturated rings. The lowest BCUT2D eigenvalue weighted by molar-refractivity contribution is 0.0661. The highest BCUT2D eigenvalue weighted by Gasteiger charge is 2.32. The summed E-state index contributed by atoms with van der Waals surface area (Å²) in [5.41, 5.74) is 2.75. The first-order valence-electron chi connectivity index (χ1n) is 5.85. The predicted molar refractivity (Wildman–Crippen MR) is 63.0 cm³/mol. The first-order valence-corrected chi connectivity index (χ1v) is 5.85. The average molecular weight is 216 g/mol. The van der Waals surface area contributed by atoms with Crippen LogP contribution in [0.5, 0.6) is 0 Å². The van der Waals surface area contributed by atoms with E-state index in [-0.39, 0.29) is 0 Å². The van der Waals surface area contributed by atoms with Gasteiger partial charge in [-0.3, -0.25) is 5.41 Å². The molecule has 1 aromatic carbocycles. The van der Waals surface area contributed by atoms with E-state index in [0.29, 0.717) is 5.92 Å². The van der Waals surface area contributed by atoms with E-state index in [0.717, 1.165) is 38.6 Å². The molecule has 3 rings (SSSR count). The lowest BCUT2D eigenvalue weighted by Gasteiger charge is -2.38.